The van der Waals surface area contributed by atoms with E-state index in [1.807, 2.05) is 0 Å². The monoisotopic (exact) mass is 165 g/mol. The van der Waals surface area contributed by atoms with E-state index in [-0.39, 0.29) is 5.82 Å². The molecule has 0 saturated heterocycles. The Morgan fingerprint density at radius 1 is 1.33 bits per heavy atom. The van der Waals surface area contributed by atoms with Crippen LogP contribution in [0.15, 0.2) is 30.5 Å². The van der Waals surface area contributed by atoms with Crippen molar-refractivity contribution in [1.29, 1.82) is 0 Å². The van der Waals surface area contributed by atoms with Crippen LogP contribution in [-0.4, -0.2) is 0 Å². The molecule has 1 unspecified atom stereocenters. The van der Waals surface area contributed by atoms with Crippen molar-refractivity contribution in [3.8, 4) is 0 Å². The van der Waals surface area contributed by atoms with Gasteiger partial charge in [-0.2, -0.15) is 0 Å². The first kappa shape index (κ1) is 7.16. The van der Waals surface area contributed by atoms with Crippen LogP contribution < -0.4 is 0 Å². The Morgan fingerprint density at radius 3 is 2.83 bits per heavy atom. The van der Waals surface area contributed by atoms with E-state index in [4.69, 9.17) is 9.47 Å². The van der Waals surface area contributed by atoms with Crippen molar-refractivity contribution < 1.29 is 13.9 Å². The summed E-state index contributed by atoms with van der Waals surface area (Å²) in [5.74, 6) is -0.334. The minimum absolute atomic E-state index is 0.334. The van der Waals surface area contributed by atoms with Crippen molar-refractivity contribution in [2.24, 2.45) is 0 Å². The zero-order valence-corrected chi connectivity index (χ0v) is 6.16. The van der Waals surface area contributed by atoms with Gasteiger partial charge in [-0.25, -0.2) is 4.39 Å². The van der Waals surface area contributed by atoms with Crippen LogP contribution in [0.2, 0.25) is 0 Å². The molecule has 0 aliphatic carbocycles. The largest absolute Gasteiger partial charge is 0.454 e. The lowest BCUT2D eigenvalue weighted by Crippen LogP contribution is -2.00. The third kappa shape index (κ3) is 1.13. The highest BCUT2D eigenvalue weighted by Gasteiger charge is 2.19. The summed E-state index contributed by atoms with van der Waals surface area (Å²) in [6, 6.07) is 6.32. The molecular formula is C9H6FO2. The quantitative estimate of drug-likeness (QED) is 0.634. The molecule has 61 valence electrons. The molecule has 0 amide bonds. The average molecular weight is 165 g/mol. The maximum absolute atomic E-state index is 13.0. The molecule has 1 aliphatic heterocycles. The Kier molecular flexibility index (Phi) is 1.70. The summed E-state index contributed by atoms with van der Waals surface area (Å²) in [5, 5.41) is 0. The minimum atomic E-state index is -0.675. The maximum Gasteiger partial charge on any atom is 0.270 e. The van der Waals surface area contributed by atoms with Gasteiger partial charge in [-0.05, 0) is 12.1 Å². The number of rotatable bonds is 1. The van der Waals surface area contributed by atoms with Gasteiger partial charge in [0.1, 0.15) is 12.1 Å². The molecule has 0 aromatic heterocycles. The van der Waals surface area contributed by atoms with Crippen molar-refractivity contribution in [3.05, 3.63) is 48.2 Å². The summed E-state index contributed by atoms with van der Waals surface area (Å²) in [7, 11) is 0. The van der Waals surface area contributed by atoms with Crippen LogP contribution in [0.25, 0.3) is 0 Å². The van der Waals surface area contributed by atoms with Crippen LogP contribution in [0.3, 0.4) is 0 Å². The van der Waals surface area contributed by atoms with Crippen LogP contribution in [-0.2, 0) is 9.47 Å². The Labute approximate surface area is 69.2 Å². The highest BCUT2D eigenvalue weighted by molar-refractivity contribution is 5.19. The summed E-state index contributed by atoms with van der Waals surface area (Å²) in [6.07, 6.45) is 2.98. The summed E-state index contributed by atoms with van der Waals surface area (Å²) >= 11 is 0. The first-order valence-electron chi connectivity index (χ1n) is 3.50. The van der Waals surface area contributed by atoms with E-state index in [0.29, 0.717) is 5.56 Å². The van der Waals surface area contributed by atoms with Gasteiger partial charge in [0.05, 0.1) is 5.56 Å². The number of benzene rings is 1. The Balaban J connectivity index is 2.27. The molecule has 3 heteroatoms. The summed E-state index contributed by atoms with van der Waals surface area (Å²) < 4.78 is 22.8. The summed E-state index contributed by atoms with van der Waals surface area (Å²) in [6.45, 7) is 0. The highest BCUT2D eigenvalue weighted by Crippen LogP contribution is 2.25. The average Bonchev–Trinajstić information content (AvgIpc) is 2.57. The van der Waals surface area contributed by atoms with Gasteiger partial charge in [-0.1, -0.05) is 12.1 Å². The van der Waals surface area contributed by atoms with Crippen molar-refractivity contribution >= 4 is 0 Å². The second kappa shape index (κ2) is 2.85. The van der Waals surface area contributed by atoms with Gasteiger partial charge in [0, 0.05) is 0 Å². The van der Waals surface area contributed by atoms with E-state index >= 15 is 0 Å². The van der Waals surface area contributed by atoms with Crippen molar-refractivity contribution in [3.63, 3.8) is 0 Å². The first-order chi connectivity index (χ1) is 5.88. The van der Waals surface area contributed by atoms with E-state index in [1.54, 1.807) is 18.2 Å². The molecule has 2 rings (SSSR count). The third-order valence-electron chi connectivity index (χ3n) is 1.57. The Morgan fingerprint density at radius 2 is 2.17 bits per heavy atom. The van der Waals surface area contributed by atoms with E-state index < -0.39 is 6.29 Å². The molecule has 1 aromatic carbocycles. The Bertz CT molecular complexity index is 301. The van der Waals surface area contributed by atoms with Crippen LogP contribution >= 0.6 is 0 Å². The second-order valence-corrected chi connectivity index (χ2v) is 2.34. The van der Waals surface area contributed by atoms with E-state index in [9.17, 15) is 4.39 Å². The van der Waals surface area contributed by atoms with Gasteiger partial charge in [-0.15, -0.1) is 0 Å². The molecule has 1 aromatic rings. The first-order valence-corrected chi connectivity index (χ1v) is 3.50. The lowest BCUT2D eigenvalue weighted by atomic mass is 10.2. The molecule has 1 aliphatic rings. The number of hydrogen-bond acceptors (Lipinski definition) is 2. The fourth-order valence-corrected chi connectivity index (χ4v) is 1.01. The summed E-state index contributed by atoms with van der Waals surface area (Å²) in [4.78, 5) is 0. The molecular weight excluding hydrogens is 159 g/mol. The molecule has 1 radical (unpaired) electrons. The normalized spacial score (nSPS) is 15.8. The molecule has 12 heavy (non-hydrogen) atoms. The fourth-order valence-electron chi connectivity index (χ4n) is 1.01. The van der Waals surface area contributed by atoms with Gasteiger partial charge < -0.3 is 9.47 Å². The van der Waals surface area contributed by atoms with Gasteiger partial charge in [-0.3, -0.25) is 0 Å². The zero-order valence-electron chi connectivity index (χ0n) is 6.16. The van der Waals surface area contributed by atoms with Gasteiger partial charge in [0.2, 0.25) is 6.26 Å². The predicted octanol–water partition coefficient (Wildman–Crippen LogP) is 2.15. The number of halogens is 1. The van der Waals surface area contributed by atoms with Crippen LogP contribution in [0, 0.1) is 12.1 Å². The topological polar surface area (TPSA) is 18.5 Å². The molecule has 0 saturated carbocycles. The van der Waals surface area contributed by atoms with Gasteiger partial charge in [0.15, 0.2) is 0 Å². The van der Waals surface area contributed by atoms with Crippen LogP contribution in [0.1, 0.15) is 11.9 Å². The molecule has 0 N–H and O–H groups in total. The zero-order chi connectivity index (χ0) is 8.39. The highest BCUT2D eigenvalue weighted by atomic mass is 19.1. The SMILES string of the molecule is Fc1ccccc1C1O[C]=CO1. The predicted molar refractivity (Wildman–Crippen MR) is 39.1 cm³/mol. The standard InChI is InChI=1S/C9H6FO2/c10-8-4-2-1-3-7(8)9-11-5-6-12-9/h1-5,9H. The smallest absolute Gasteiger partial charge is 0.270 e. The fraction of sp³-hybridized carbons (Fsp3) is 0.111. The minimum Gasteiger partial charge on any atom is -0.454 e. The van der Waals surface area contributed by atoms with Crippen LogP contribution in [0.5, 0.6) is 0 Å². The van der Waals surface area contributed by atoms with Gasteiger partial charge >= 0.3 is 0 Å². The van der Waals surface area contributed by atoms with Gasteiger partial charge in [0.25, 0.3) is 6.29 Å². The molecule has 1 atom stereocenters. The molecule has 2 nitrogen and oxygen atoms in total. The lowest BCUT2D eigenvalue weighted by Gasteiger charge is -2.09. The molecule has 1 heterocycles. The Hall–Kier alpha value is -1.51. The van der Waals surface area contributed by atoms with Crippen molar-refractivity contribution in [2.75, 3.05) is 0 Å². The van der Waals surface area contributed by atoms with Crippen molar-refractivity contribution in [2.45, 2.75) is 6.29 Å². The second-order valence-electron chi connectivity index (χ2n) is 2.34. The molecule has 0 spiro atoms. The van der Waals surface area contributed by atoms with Crippen LogP contribution in [0.4, 0.5) is 4.39 Å². The number of ether oxygens (including phenoxy) is 2. The summed E-state index contributed by atoms with van der Waals surface area (Å²) in [5.41, 5.74) is 0.388. The molecule has 0 fully saturated rings. The lowest BCUT2D eigenvalue weighted by molar-refractivity contribution is -0.0326. The van der Waals surface area contributed by atoms with E-state index in [1.165, 1.54) is 12.3 Å². The third-order valence-corrected chi connectivity index (χ3v) is 1.57. The maximum atomic E-state index is 13.0. The van der Waals surface area contributed by atoms with E-state index in [2.05, 4.69) is 6.26 Å². The van der Waals surface area contributed by atoms with Crippen molar-refractivity contribution in [1.82, 2.24) is 0 Å². The van der Waals surface area contributed by atoms with E-state index in [0.717, 1.165) is 0 Å². The molecule has 0 bridgehead atoms. The number of hydrogen-bond donors (Lipinski definition) is 0.